The maximum atomic E-state index is 7.11. The van der Waals surface area contributed by atoms with Crippen LogP contribution >= 0.6 is 0 Å². The summed E-state index contributed by atoms with van der Waals surface area (Å²) in [5, 5.41) is 0. The molecule has 2 aromatic carbocycles. The topological polar surface area (TPSA) is 9.23 Å². The zero-order valence-electron chi connectivity index (χ0n) is 36.3. The third kappa shape index (κ3) is 23.7. The molecular formula is C52H90O. The van der Waals surface area contributed by atoms with Gasteiger partial charge in [-0.2, -0.15) is 0 Å². The fourth-order valence-corrected chi connectivity index (χ4v) is 8.34. The number of ether oxygens (including phenoxy) is 1. The fourth-order valence-electron chi connectivity index (χ4n) is 8.34. The van der Waals surface area contributed by atoms with Crippen LogP contribution in [-0.2, 0) is 25.7 Å². The monoisotopic (exact) mass is 731 g/mol. The molecule has 2 aromatic rings. The molecule has 0 aromatic heterocycles. The lowest BCUT2D eigenvalue weighted by Gasteiger charge is -2.20. The second-order valence-corrected chi connectivity index (χ2v) is 16.8. The van der Waals surface area contributed by atoms with Crippen molar-refractivity contribution in [3.63, 3.8) is 0 Å². The molecule has 0 saturated heterocycles. The smallest absolute Gasteiger partial charge is 0.130 e. The van der Waals surface area contributed by atoms with Crippen molar-refractivity contribution in [2.75, 3.05) is 0 Å². The van der Waals surface area contributed by atoms with Gasteiger partial charge in [0.25, 0.3) is 0 Å². The highest BCUT2D eigenvalue weighted by atomic mass is 16.5. The molecule has 0 N–H and O–H groups in total. The summed E-state index contributed by atoms with van der Waals surface area (Å²) in [5.74, 6) is 2.28. The van der Waals surface area contributed by atoms with E-state index in [4.69, 9.17) is 4.74 Å². The Labute approximate surface area is 332 Å². The normalized spacial score (nSPS) is 11.5. The molecule has 1 nitrogen and oxygen atoms in total. The number of unbranched alkanes of at least 4 members (excludes halogenated alkanes) is 28. The molecule has 0 radical (unpaired) electrons. The largest absolute Gasteiger partial charge is 0.457 e. The van der Waals surface area contributed by atoms with Crippen LogP contribution in [0.15, 0.2) is 36.4 Å². The van der Waals surface area contributed by atoms with Crippen molar-refractivity contribution >= 4 is 0 Å². The van der Waals surface area contributed by atoms with Crippen molar-refractivity contribution < 1.29 is 4.74 Å². The minimum atomic E-state index is 1.14. The highest BCUT2D eigenvalue weighted by molar-refractivity contribution is 5.47. The Morgan fingerprint density at radius 3 is 0.811 bits per heavy atom. The summed E-state index contributed by atoms with van der Waals surface area (Å²) < 4.78 is 7.11. The van der Waals surface area contributed by atoms with Gasteiger partial charge in [-0.25, -0.2) is 0 Å². The van der Waals surface area contributed by atoms with Crippen LogP contribution in [0.1, 0.15) is 255 Å². The first-order valence-electron chi connectivity index (χ1n) is 24.1. The van der Waals surface area contributed by atoms with E-state index < -0.39 is 0 Å². The average Bonchev–Trinajstić information content (AvgIpc) is 3.17. The fraction of sp³-hybridized carbons (Fsp3) is 0.769. The van der Waals surface area contributed by atoms with Crippen molar-refractivity contribution in [1.29, 1.82) is 0 Å². The summed E-state index contributed by atoms with van der Waals surface area (Å²) in [6, 6.07) is 14.0. The molecule has 0 bridgehead atoms. The molecule has 0 fully saturated rings. The first-order valence-corrected chi connectivity index (χ1v) is 24.1. The van der Waals surface area contributed by atoms with Crippen LogP contribution in [0.2, 0.25) is 0 Å². The first-order chi connectivity index (χ1) is 26.2. The van der Waals surface area contributed by atoms with Gasteiger partial charge in [0.1, 0.15) is 11.5 Å². The lowest BCUT2D eigenvalue weighted by atomic mass is 9.94. The lowest BCUT2D eigenvalue weighted by molar-refractivity contribution is 0.463. The quantitative estimate of drug-likeness (QED) is 0.0625. The van der Waals surface area contributed by atoms with Crippen LogP contribution in [-0.4, -0.2) is 0 Å². The van der Waals surface area contributed by atoms with Crippen LogP contribution in [0, 0.1) is 0 Å². The van der Waals surface area contributed by atoms with E-state index >= 15 is 0 Å². The van der Waals surface area contributed by atoms with Gasteiger partial charge >= 0.3 is 0 Å². The number of hydrogen-bond acceptors (Lipinski definition) is 1. The van der Waals surface area contributed by atoms with Gasteiger partial charge in [-0.1, -0.05) is 232 Å². The molecule has 0 spiro atoms. The van der Waals surface area contributed by atoms with Gasteiger partial charge < -0.3 is 4.74 Å². The van der Waals surface area contributed by atoms with Crippen molar-refractivity contribution in [2.45, 2.75) is 259 Å². The average molecular weight is 731 g/mol. The molecule has 0 atom stereocenters. The number of benzene rings is 2. The molecule has 0 heterocycles. The number of hydrogen-bond donors (Lipinski definition) is 0. The molecule has 53 heavy (non-hydrogen) atoms. The van der Waals surface area contributed by atoms with E-state index in [-0.39, 0.29) is 0 Å². The molecule has 0 amide bonds. The molecule has 0 saturated carbocycles. The molecule has 304 valence electrons. The van der Waals surface area contributed by atoms with Crippen molar-refractivity contribution in [3.05, 3.63) is 58.7 Å². The van der Waals surface area contributed by atoms with E-state index in [1.54, 1.807) is 11.1 Å². The third-order valence-electron chi connectivity index (χ3n) is 11.8. The van der Waals surface area contributed by atoms with Gasteiger partial charge in [-0.15, -0.1) is 0 Å². The molecule has 0 unspecified atom stereocenters. The summed E-state index contributed by atoms with van der Waals surface area (Å²) in [6.45, 7) is 9.27. The van der Waals surface area contributed by atoms with E-state index in [1.807, 2.05) is 0 Å². The lowest BCUT2D eigenvalue weighted by Crippen LogP contribution is -2.03. The highest BCUT2D eigenvalue weighted by Gasteiger charge is 2.15. The Kier molecular flexibility index (Phi) is 31.0. The summed E-state index contributed by atoms with van der Waals surface area (Å²) >= 11 is 0. The Hall–Kier alpha value is -1.76. The maximum Gasteiger partial charge on any atom is 0.130 e. The molecule has 1 heteroatoms. The van der Waals surface area contributed by atoms with Gasteiger partial charge in [0, 0.05) is 0 Å². The van der Waals surface area contributed by atoms with Crippen LogP contribution in [0.25, 0.3) is 0 Å². The van der Waals surface area contributed by atoms with E-state index in [9.17, 15) is 0 Å². The Morgan fingerprint density at radius 1 is 0.283 bits per heavy atom. The van der Waals surface area contributed by atoms with Gasteiger partial charge in [0.15, 0.2) is 0 Å². The summed E-state index contributed by atoms with van der Waals surface area (Å²) in [6.07, 6.45) is 48.7. The van der Waals surface area contributed by atoms with Gasteiger partial charge in [-0.05, 0) is 85.8 Å². The van der Waals surface area contributed by atoms with E-state index in [0.29, 0.717) is 0 Å². The zero-order chi connectivity index (χ0) is 37.9. The van der Waals surface area contributed by atoms with Crippen LogP contribution < -0.4 is 4.74 Å². The minimum Gasteiger partial charge on any atom is -0.457 e. The third-order valence-corrected chi connectivity index (χ3v) is 11.8. The van der Waals surface area contributed by atoms with Crippen molar-refractivity contribution in [1.82, 2.24) is 0 Å². The molecular weight excluding hydrogens is 641 g/mol. The second-order valence-electron chi connectivity index (χ2n) is 16.8. The number of rotatable bonds is 38. The molecule has 0 aliphatic rings. The highest BCUT2D eigenvalue weighted by Crippen LogP contribution is 2.35. The predicted molar refractivity (Wildman–Crippen MR) is 238 cm³/mol. The molecule has 0 aliphatic carbocycles. The molecule has 0 aliphatic heterocycles. The Morgan fingerprint density at radius 2 is 0.528 bits per heavy atom. The van der Waals surface area contributed by atoms with Gasteiger partial charge in [-0.3, -0.25) is 0 Å². The van der Waals surface area contributed by atoms with Crippen molar-refractivity contribution in [2.24, 2.45) is 0 Å². The number of aryl methyl sites for hydroxylation is 2. The van der Waals surface area contributed by atoms with Gasteiger partial charge in [0.2, 0.25) is 0 Å². The molecule has 2 rings (SSSR count). The van der Waals surface area contributed by atoms with Crippen LogP contribution in [0.4, 0.5) is 0 Å². The zero-order valence-corrected chi connectivity index (χ0v) is 36.3. The summed E-state index contributed by atoms with van der Waals surface area (Å²) in [4.78, 5) is 0. The Balaban J connectivity index is 2.10. The summed E-state index contributed by atoms with van der Waals surface area (Å²) in [5.41, 5.74) is 6.11. The Bertz CT molecular complexity index is 999. The van der Waals surface area contributed by atoms with Gasteiger partial charge in [0.05, 0.1) is 0 Å². The van der Waals surface area contributed by atoms with Crippen LogP contribution in [0.3, 0.4) is 0 Å². The second kappa shape index (κ2) is 34.7. The standard InChI is InChI=1S/C52H90O/c1-5-9-13-17-21-23-25-27-29-33-39-47-41-37-45-51(49(47)43-35-31-19-15-11-7-3)53-52-46-38-42-48(50(52)44-36-32-20-16-12-8-4)40-34-30-28-26-24-22-18-14-10-6-2/h37-38,41-42,45-46H,5-36,39-40,43-44H2,1-4H3. The van der Waals surface area contributed by atoms with Crippen LogP contribution in [0.5, 0.6) is 11.5 Å². The first kappa shape index (κ1) is 47.4. The predicted octanol–water partition coefficient (Wildman–Crippen LogP) is 18.2. The maximum absolute atomic E-state index is 7.11. The summed E-state index contributed by atoms with van der Waals surface area (Å²) in [7, 11) is 0. The SMILES string of the molecule is CCCCCCCCCCCCc1cccc(Oc2cccc(CCCCCCCCCCCC)c2CCCCCCCC)c1CCCCCCCC. The minimum absolute atomic E-state index is 1.14. The van der Waals surface area contributed by atoms with Crippen molar-refractivity contribution in [3.8, 4) is 11.5 Å². The van der Waals surface area contributed by atoms with E-state index in [1.165, 1.54) is 229 Å². The van der Waals surface area contributed by atoms with E-state index in [2.05, 4.69) is 64.1 Å². The van der Waals surface area contributed by atoms with E-state index in [0.717, 1.165) is 24.3 Å².